The van der Waals surface area contributed by atoms with Crippen LogP contribution in [0.1, 0.15) is 63.0 Å². The molecule has 5 nitrogen and oxygen atoms in total. The van der Waals surface area contributed by atoms with Gasteiger partial charge in [-0.25, -0.2) is 0 Å². The second kappa shape index (κ2) is 8.41. The van der Waals surface area contributed by atoms with Gasteiger partial charge in [0.05, 0.1) is 18.4 Å². The van der Waals surface area contributed by atoms with Crippen LogP contribution in [0.25, 0.3) is 0 Å². The molecule has 122 valence electrons. The van der Waals surface area contributed by atoms with Crippen LogP contribution >= 0.6 is 0 Å². The van der Waals surface area contributed by atoms with E-state index in [1.807, 2.05) is 0 Å². The molecule has 2 N–H and O–H groups in total. The molecule has 0 bridgehead atoms. The first-order valence-corrected chi connectivity index (χ1v) is 7.61. The number of carboxylic acids is 2. The number of unbranched alkanes of at least 4 members (excludes halogenated alkanes) is 2. The fraction of sp³-hybridized carbons (Fsp3) is 0.529. The van der Waals surface area contributed by atoms with E-state index in [0.717, 1.165) is 19.3 Å². The second-order valence-electron chi connectivity index (χ2n) is 5.43. The van der Waals surface area contributed by atoms with E-state index in [2.05, 4.69) is 6.92 Å². The minimum absolute atomic E-state index is 0.460. The Morgan fingerprint density at radius 1 is 1.09 bits per heavy atom. The Hall–Kier alpha value is -2.04. The molecule has 0 amide bonds. The lowest BCUT2D eigenvalue weighted by Crippen LogP contribution is -2.17. The number of benzene rings is 1. The van der Waals surface area contributed by atoms with Crippen LogP contribution in [0.5, 0.6) is 5.75 Å². The smallest absolute Gasteiger partial charge is 0.310 e. The lowest BCUT2D eigenvalue weighted by atomic mass is 9.88. The van der Waals surface area contributed by atoms with Crippen LogP contribution in [0, 0.1) is 0 Å². The number of hydrogen-bond donors (Lipinski definition) is 2. The van der Waals surface area contributed by atoms with Gasteiger partial charge in [-0.2, -0.15) is 0 Å². The molecule has 0 radical (unpaired) electrons. The Morgan fingerprint density at radius 3 is 2.27 bits per heavy atom. The van der Waals surface area contributed by atoms with Gasteiger partial charge >= 0.3 is 11.9 Å². The topological polar surface area (TPSA) is 83.8 Å². The minimum Gasteiger partial charge on any atom is -0.493 e. The molecule has 2 atom stereocenters. The van der Waals surface area contributed by atoms with Crippen molar-refractivity contribution in [3.63, 3.8) is 0 Å². The van der Waals surface area contributed by atoms with Gasteiger partial charge < -0.3 is 14.9 Å². The summed E-state index contributed by atoms with van der Waals surface area (Å²) in [5.74, 6) is -3.11. The van der Waals surface area contributed by atoms with E-state index < -0.39 is 23.8 Å². The molecule has 0 saturated heterocycles. The molecule has 1 aromatic carbocycles. The average Bonchev–Trinajstić information content (AvgIpc) is 2.49. The SMILES string of the molecule is CCCCCOc1cccc(C(C)C(=O)O)c1C(C)C(=O)O. The normalized spacial score (nSPS) is 13.4. The van der Waals surface area contributed by atoms with Gasteiger partial charge in [0.2, 0.25) is 0 Å². The van der Waals surface area contributed by atoms with Crippen LogP contribution in [0.3, 0.4) is 0 Å². The maximum atomic E-state index is 11.4. The Morgan fingerprint density at radius 2 is 1.73 bits per heavy atom. The quantitative estimate of drug-likeness (QED) is 0.680. The predicted molar refractivity (Wildman–Crippen MR) is 83.6 cm³/mol. The maximum absolute atomic E-state index is 11.4. The molecule has 0 heterocycles. The molecule has 22 heavy (non-hydrogen) atoms. The van der Waals surface area contributed by atoms with E-state index in [-0.39, 0.29) is 0 Å². The van der Waals surface area contributed by atoms with Gasteiger partial charge in [0, 0.05) is 5.56 Å². The summed E-state index contributed by atoms with van der Waals surface area (Å²) in [5, 5.41) is 18.5. The zero-order valence-electron chi connectivity index (χ0n) is 13.3. The standard InChI is InChI=1S/C17H24O5/c1-4-5-6-10-22-14-9-7-8-13(11(2)16(18)19)15(14)12(3)17(20)21/h7-9,11-12H,4-6,10H2,1-3H3,(H,18,19)(H,20,21). The summed E-state index contributed by atoms with van der Waals surface area (Å²) < 4.78 is 5.72. The molecular formula is C17H24O5. The zero-order chi connectivity index (χ0) is 16.7. The average molecular weight is 308 g/mol. The summed E-state index contributed by atoms with van der Waals surface area (Å²) >= 11 is 0. The summed E-state index contributed by atoms with van der Waals surface area (Å²) in [5.41, 5.74) is 0.955. The van der Waals surface area contributed by atoms with Crippen molar-refractivity contribution in [2.45, 2.75) is 51.9 Å². The van der Waals surface area contributed by atoms with E-state index in [0.29, 0.717) is 23.5 Å². The number of ether oxygens (including phenoxy) is 1. The van der Waals surface area contributed by atoms with Crippen molar-refractivity contribution < 1.29 is 24.5 Å². The Labute approximate surface area is 130 Å². The summed E-state index contributed by atoms with van der Waals surface area (Å²) in [6.45, 7) is 5.69. The Balaban J connectivity index is 3.16. The van der Waals surface area contributed by atoms with E-state index in [1.54, 1.807) is 32.0 Å². The van der Waals surface area contributed by atoms with Crippen molar-refractivity contribution >= 4 is 11.9 Å². The highest BCUT2D eigenvalue weighted by Crippen LogP contribution is 2.34. The van der Waals surface area contributed by atoms with Gasteiger partial charge in [0.15, 0.2) is 0 Å². The highest BCUT2D eigenvalue weighted by atomic mass is 16.5. The van der Waals surface area contributed by atoms with E-state index in [9.17, 15) is 19.8 Å². The number of carboxylic acid groups (broad SMARTS) is 2. The lowest BCUT2D eigenvalue weighted by molar-refractivity contribution is -0.140. The van der Waals surface area contributed by atoms with Crippen LogP contribution in [0.2, 0.25) is 0 Å². The molecule has 2 unspecified atom stereocenters. The minimum atomic E-state index is -0.997. The van der Waals surface area contributed by atoms with Crippen molar-refractivity contribution in [2.24, 2.45) is 0 Å². The highest BCUT2D eigenvalue weighted by molar-refractivity contribution is 5.81. The molecule has 0 saturated carbocycles. The number of carbonyl (C=O) groups is 2. The third kappa shape index (κ3) is 4.48. The summed E-state index contributed by atoms with van der Waals surface area (Å²) in [4.78, 5) is 22.6. The van der Waals surface area contributed by atoms with Crippen molar-refractivity contribution in [2.75, 3.05) is 6.61 Å². The van der Waals surface area contributed by atoms with Gasteiger partial charge in [0.1, 0.15) is 5.75 Å². The Kier molecular flexibility index (Phi) is 6.89. The van der Waals surface area contributed by atoms with E-state index in [1.165, 1.54) is 0 Å². The number of aliphatic carboxylic acids is 2. The maximum Gasteiger partial charge on any atom is 0.310 e. The van der Waals surface area contributed by atoms with Crippen LogP contribution in [-0.2, 0) is 9.59 Å². The van der Waals surface area contributed by atoms with Gasteiger partial charge in [-0.1, -0.05) is 31.9 Å². The van der Waals surface area contributed by atoms with Crippen LogP contribution in [0.15, 0.2) is 18.2 Å². The first kappa shape index (κ1) is 18.0. The van der Waals surface area contributed by atoms with Crippen LogP contribution in [-0.4, -0.2) is 28.8 Å². The fourth-order valence-corrected chi connectivity index (χ4v) is 2.32. The van der Waals surface area contributed by atoms with Crippen molar-refractivity contribution in [1.29, 1.82) is 0 Å². The third-order valence-electron chi connectivity index (χ3n) is 3.75. The summed E-state index contributed by atoms with van der Waals surface area (Å²) in [6.07, 6.45) is 2.99. The number of hydrogen-bond acceptors (Lipinski definition) is 3. The zero-order valence-corrected chi connectivity index (χ0v) is 13.3. The van der Waals surface area contributed by atoms with Gasteiger partial charge in [0.25, 0.3) is 0 Å². The highest BCUT2D eigenvalue weighted by Gasteiger charge is 2.27. The molecule has 0 aliphatic heterocycles. The van der Waals surface area contributed by atoms with E-state index in [4.69, 9.17) is 4.74 Å². The molecule has 1 aromatic rings. The molecule has 1 rings (SSSR count). The van der Waals surface area contributed by atoms with Gasteiger partial charge in [-0.15, -0.1) is 0 Å². The first-order chi connectivity index (χ1) is 10.4. The second-order valence-corrected chi connectivity index (χ2v) is 5.43. The number of rotatable bonds is 9. The first-order valence-electron chi connectivity index (χ1n) is 7.61. The predicted octanol–water partition coefficient (Wildman–Crippen LogP) is 3.63. The Bertz CT molecular complexity index is 524. The van der Waals surface area contributed by atoms with Crippen molar-refractivity contribution in [3.8, 4) is 5.75 Å². The summed E-state index contributed by atoms with van der Waals surface area (Å²) in [7, 11) is 0. The molecular weight excluding hydrogens is 284 g/mol. The van der Waals surface area contributed by atoms with Crippen LogP contribution in [0.4, 0.5) is 0 Å². The molecule has 0 aliphatic rings. The molecule has 0 fully saturated rings. The lowest BCUT2D eigenvalue weighted by Gasteiger charge is -2.20. The molecule has 0 aliphatic carbocycles. The third-order valence-corrected chi connectivity index (χ3v) is 3.75. The van der Waals surface area contributed by atoms with Gasteiger partial charge in [-0.05, 0) is 31.9 Å². The monoisotopic (exact) mass is 308 g/mol. The molecule has 5 heteroatoms. The van der Waals surface area contributed by atoms with Gasteiger partial charge in [-0.3, -0.25) is 9.59 Å². The molecule has 0 aromatic heterocycles. The fourth-order valence-electron chi connectivity index (χ4n) is 2.32. The van der Waals surface area contributed by atoms with Crippen molar-refractivity contribution in [1.82, 2.24) is 0 Å². The van der Waals surface area contributed by atoms with Crippen molar-refractivity contribution in [3.05, 3.63) is 29.3 Å². The summed E-state index contributed by atoms with van der Waals surface area (Å²) in [6, 6.07) is 5.08. The van der Waals surface area contributed by atoms with Crippen LogP contribution < -0.4 is 4.74 Å². The van der Waals surface area contributed by atoms with E-state index >= 15 is 0 Å². The molecule has 0 spiro atoms. The largest absolute Gasteiger partial charge is 0.493 e.